The van der Waals surface area contributed by atoms with Gasteiger partial charge in [-0.05, 0) is 0 Å². The van der Waals surface area contributed by atoms with Crippen LogP contribution in [0.4, 0.5) is 10.6 Å². The van der Waals surface area contributed by atoms with Crippen molar-refractivity contribution in [1.29, 1.82) is 0 Å². The van der Waals surface area contributed by atoms with Crippen LogP contribution in [-0.4, -0.2) is 21.4 Å². The standard InChI is InChI=1S/C4H5N3O2.ClH/c8-4(9)6-3-1-2-5-7-3;/h1-2H,(H,8,9)(H2,5,6,7);1H. The van der Waals surface area contributed by atoms with Gasteiger partial charge in [0.05, 0.1) is 6.20 Å². The van der Waals surface area contributed by atoms with E-state index < -0.39 is 6.09 Å². The van der Waals surface area contributed by atoms with Gasteiger partial charge in [-0.15, -0.1) is 12.4 Å². The third-order valence-corrected chi connectivity index (χ3v) is 0.742. The van der Waals surface area contributed by atoms with E-state index in [1.807, 2.05) is 0 Å². The molecule has 6 heteroatoms. The van der Waals surface area contributed by atoms with E-state index in [0.29, 0.717) is 5.82 Å². The molecule has 1 aromatic heterocycles. The highest BCUT2D eigenvalue weighted by atomic mass is 35.5. The van der Waals surface area contributed by atoms with Crippen molar-refractivity contribution in [3.63, 3.8) is 0 Å². The third-order valence-electron chi connectivity index (χ3n) is 0.742. The van der Waals surface area contributed by atoms with E-state index in [2.05, 4.69) is 15.5 Å². The molecule has 56 valence electrons. The molecule has 0 spiro atoms. The van der Waals surface area contributed by atoms with Crippen LogP contribution >= 0.6 is 12.4 Å². The van der Waals surface area contributed by atoms with Gasteiger partial charge >= 0.3 is 6.09 Å². The van der Waals surface area contributed by atoms with Gasteiger partial charge in [0.1, 0.15) is 5.82 Å². The minimum absolute atomic E-state index is 0. The van der Waals surface area contributed by atoms with Crippen LogP contribution in [0.1, 0.15) is 0 Å². The summed E-state index contributed by atoms with van der Waals surface area (Å²) in [6, 6.07) is 1.52. The van der Waals surface area contributed by atoms with Crippen LogP contribution < -0.4 is 5.32 Å². The van der Waals surface area contributed by atoms with Crippen LogP contribution in [0.5, 0.6) is 0 Å². The molecule has 0 aliphatic carbocycles. The van der Waals surface area contributed by atoms with E-state index in [1.165, 1.54) is 12.3 Å². The average Bonchev–Trinajstić information content (AvgIpc) is 2.15. The lowest BCUT2D eigenvalue weighted by Gasteiger charge is -1.90. The first-order valence-electron chi connectivity index (χ1n) is 2.28. The van der Waals surface area contributed by atoms with Crippen molar-refractivity contribution in [3.05, 3.63) is 12.3 Å². The van der Waals surface area contributed by atoms with E-state index in [0.717, 1.165) is 0 Å². The fourth-order valence-corrected chi connectivity index (χ4v) is 0.441. The van der Waals surface area contributed by atoms with Crippen molar-refractivity contribution in [2.24, 2.45) is 0 Å². The predicted octanol–water partition coefficient (Wildman–Crippen LogP) is 0.921. The highest BCUT2D eigenvalue weighted by Gasteiger charge is 1.95. The molecule has 0 aliphatic heterocycles. The molecule has 0 bridgehead atoms. The Morgan fingerprint density at radius 2 is 2.50 bits per heavy atom. The molecule has 0 aliphatic rings. The second-order valence-electron chi connectivity index (χ2n) is 1.40. The van der Waals surface area contributed by atoms with Gasteiger partial charge in [-0.25, -0.2) is 4.79 Å². The summed E-state index contributed by atoms with van der Waals surface area (Å²) in [7, 11) is 0. The molecule has 1 rings (SSSR count). The smallest absolute Gasteiger partial charge is 0.410 e. The largest absolute Gasteiger partial charge is 0.465 e. The summed E-state index contributed by atoms with van der Waals surface area (Å²) in [5.74, 6) is 0.377. The topological polar surface area (TPSA) is 78.0 Å². The van der Waals surface area contributed by atoms with Crippen molar-refractivity contribution >= 4 is 24.3 Å². The summed E-state index contributed by atoms with van der Waals surface area (Å²) >= 11 is 0. The fourth-order valence-electron chi connectivity index (χ4n) is 0.441. The number of aromatic nitrogens is 2. The maximum atomic E-state index is 9.91. The molecular weight excluding hydrogens is 158 g/mol. The maximum absolute atomic E-state index is 9.91. The summed E-state index contributed by atoms with van der Waals surface area (Å²) in [6.45, 7) is 0. The molecule has 10 heavy (non-hydrogen) atoms. The number of hydrogen-bond donors (Lipinski definition) is 3. The van der Waals surface area contributed by atoms with Crippen LogP contribution in [0.2, 0.25) is 0 Å². The average molecular weight is 164 g/mol. The minimum atomic E-state index is -1.10. The summed E-state index contributed by atoms with van der Waals surface area (Å²) in [4.78, 5) is 9.91. The van der Waals surface area contributed by atoms with E-state index in [-0.39, 0.29) is 12.4 Å². The van der Waals surface area contributed by atoms with Crippen LogP contribution in [0.15, 0.2) is 12.3 Å². The highest BCUT2D eigenvalue weighted by molar-refractivity contribution is 5.85. The lowest BCUT2D eigenvalue weighted by Crippen LogP contribution is -2.07. The number of carboxylic acid groups (broad SMARTS) is 1. The monoisotopic (exact) mass is 163 g/mol. The molecule has 0 saturated heterocycles. The van der Waals surface area contributed by atoms with Crippen LogP contribution in [-0.2, 0) is 0 Å². The molecule has 1 amide bonds. The van der Waals surface area contributed by atoms with Gasteiger partial charge in [0, 0.05) is 6.07 Å². The number of H-pyrrole nitrogens is 1. The van der Waals surface area contributed by atoms with Crippen molar-refractivity contribution in [3.8, 4) is 0 Å². The number of carbonyl (C=O) groups is 1. The number of anilines is 1. The predicted molar refractivity (Wildman–Crippen MR) is 37.5 cm³/mol. The molecule has 3 N–H and O–H groups in total. The fraction of sp³-hybridized carbons (Fsp3) is 0. The molecule has 0 radical (unpaired) electrons. The second-order valence-corrected chi connectivity index (χ2v) is 1.40. The molecule has 1 heterocycles. The third kappa shape index (κ3) is 2.36. The van der Waals surface area contributed by atoms with Gasteiger partial charge in [-0.1, -0.05) is 0 Å². The molecule has 0 aromatic carbocycles. The molecule has 0 atom stereocenters. The Hall–Kier alpha value is -1.23. The summed E-state index contributed by atoms with van der Waals surface area (Å²) in [6.07, 6.45) is 0.366. The van der Waals surface area contributed by atoms with Gasteiger partial charge in [-0.3, -0.25) is 10.4 Å². The van der Waals surface area contributed by atoms with Crippen LogP contribution in [0.25, 0.3) is 0 Å². The number of nitrogens with zero attached hydrogens (tertiary/aromatic N) is 1. The summed E-state index contributed by atoms with van der Waals surface area (Å²) in [5, 5.41) is 16.2. The zero-order valence-corrected chi connectivity index (χ0v) is 5.68. The van der Waals surface area contributed by atoms with Crippen LogP contribution in [0, 0.1) is 0 Å². The highest BCUT2D eigenvalue weighted by Crippen LogP contribution is 1.96. The van der Waals surface area contributed by atoms with Gasteiger partial charge in [0.2, 0.25) is 0 Å². The number of nitrogens with one attached hydrogen (secondary N) is 2. The van der Waals surface area contributed by atoms with Crippen molar-refractivity contribution in [1.82, 2.24) is 10.2 Å². The van der Waals surface area contributed by atoms with E-state index in [4.69, 9.17) is 5.11 Å². The molecule has 1 aromatic rings. The molecule has 0 fully saturated rings. The van der Waals surface area contributed by atoms with Gasteiger partial charge < -0.3 is 5.11 Å². The van der Waals surface area contributed by atoms with Crippen LogP contribution in [0.3, 0.4) is 0 Å². The quantitative estimate of drug-likeness (QED) is 0.576. The number of amides is 1. The lowest BCUT2D eigenvalue weighted by atomic mass is 10.6. The van der Waals surface area contributed by atoms with Crippen molar-refractivity contribution < 1.29 is 9.90 Å². The first kappa shape index (κ1) is 8.77. The molecule has 0 unspecified atom stereocenters. The minimum Gasteiger partial charge on any atom is -0.465 e. The Morgan fingerprint density at radius 1 is 1.80 bits per heavy atom. The first-order chi connectivity index (χ1) is 4.29. The Balaban J connectivity index is 0.000000810. The normalized spacial score (nSPS) is 8.00. The van der Waals surface area contributed by atoms with E-state index in [9.17, 15) is 4.79 Å². The number of hydrogen-bond acceptors (Lipinski definition) is 2. The zero-order chi connectivity index (χ0) is 6.69. The Morgan fingerprint density at radius 3 is 2.90 bits per heavy atom. The maximum Gasteiger partial charge on any atom is 0.410 e. The lowest BCUT2D eigenvalue weighted by molar-refractivity contribution is 0.209. The Bertz CT molecular complexity index is 198. The van der Waals surface area contributed by atoms with Gasteiger partial charge in [0.25, 0.3) is 0 Å². The number of halogens is 1. The zero-order valence-electron chi connectivity index (χ0n) is 4.87. The molecule has 5 nitrogen and oxygen atoms in total. The Kier molecular flexibility index (Phi) is 3.27. The van der Waals surface area contributed by atoms with Crippen molar-refractivity contribution in [2.75, 3.05) is 5.32 Å². The first-order valence-corrected chi connectivity index (χ1v) is 2.28. The van der Waals surface area contributed by atoms with Gasteiger partial charge in [0.15, 0.2) is 0 Å². The molecule has 0 saturated carbocycles. The summed E-state index contributed by atoms with van der Waals surface area (Å²) in [5.41, 5.74) is 0. The second kappa shape index (κ2) is 3.73. The van der Waals surface area contributed by atoms with E-state index >= 15 is 0 Å². The number of rotatable bonds is 1. The Labute approximate surface area is 62.9 Å². The van der Waals surface area contributed by atoms with E-state index in [1.54, 1.807) is 0 Å². The van der Waals surface area contributed by atoms with Gasteiger partial charge in [-0.2, -0.15) is 5.10 Å². The SMILES string of the molecule is Cl.O=C(O)Nc1ccn[nH]1. The summed E-state index contributed by atoms with van der Waals surface area (Å²) < 4.78 is 0. The van der Waals surface area contributed by atoms with Crippen molar-refractivity contribution in [2.45, 2.75) is 0 Å². The number of aromatic amines is 1. The molecular formula is C4H6ClN3O2.